The molecule has 1 heterocycles. The monoisotopic (exact) mass is 230 g/mol. The van der Waals surface area contributed by atoms with E-state index >= 15 is 0 Å². The van der Waals surface area contributed by atoms with Gasteiger partial charge in [0, 0.05) is 11.8 Å². The minimum Gasteiger partial charge on any atom is -0.320 e. The predicted molar refractivity (Wildman–Crippen MR) is 66.0 cm³/mol. The van der Waals surface area contributed by atoms with Crippen molar-refractivity contribution in [3.8, 4) is 0 Å². The summed E-state index contributed by atoms with van der Waals surface area (Å²) in [5.74, 6) is -0.359. The summed E-state index contributed by atoms with van der Waals surface area (Å²) in [5, 5.41) is 0. The molecular formula is C14H15FN2. The second-order valence-electron chi connectivity index (χ2n) is 3.97. The number of rotatable bonds is 3. The van der Waals surface area contributed by atoms with Crippen LogP contribution in [0, 0.1) is 5.82 Å². The first-order valence-corrected chi connectivity index (χ1v) is 5.66. The van der Waals surface area contributed by atoms with E-state index in [1.165, 1.54) is 11.8 Å². The van der Waals surface area contributed by atoms with Gasteiger partial charge in [-0.15, -0.1) is 0 Å². The molecule has 2 nitrogen and oxygen atoms in total. The van der Waals surface area contributed by atoms with Gasteiger partial charge in [-0.05, 0) is 23.6 Å². The summed E-state index contributed by atoms with van der Waals surface area (Å²) < 4.78 is 13.6. The molecule has 0 saturated carbocycles. The molecule has 1 aromatic heterocycles. The van der Waals surface area contributed by atoms with Gasteiger partial charge in [-0.25, -0.2) is 4.39 Å². The van der Waals surface area contributed by atoms with Gasteiger partial charge >= 0.3 is 0 Å². The molecule has 0 radical (unpaired) electrons. The Morgan fingerprint density at radius 1 is 1.35 bits per heavy atom. The van der Waals surface area contributed by atoms with Crippen LogP contribution in [-0.2, 0) is 6.42 Å². The van der Waals surface area contributed by atoms with Gasteiger partial charge in [0.1, 0.15) is 5.82 Å². The SMILES string of the molecule is CCc1cccc(C(N)c2ccncc2F)c1. The molecule has 0 spiro atoms. The van der Waals surface area contributed by atoms with E-state index in [1.807, 2.05) is 24.3 Å². The first-order chi connectivity index (χ1) is 8.22. The highest BCUT2D eigenvalue weighted by Crippen LogP contribution is 2.22. The summed E-state index contributed by atoms with van der Waals surface area (Å²) >= 11 is 0. The van der Waals surface area contributed by atoms with Crippen LogP contribution in [0.4, 0.5) is 4.39 Å². The first kappa shape index (κ1) is 11.7. The Morgan fingerprint density at radius 2 is 2.18 bits per heavy atom. The molecular weight excluding hydrogens is 215 g/mol. The maximum Gasteiger partial charge on any atom is 0.146 e. The van der Waals surface area contributed by atoms with Crippen molar-refractivity contribution in [1.82, 2.24) is 4.98 Å². The van der Waals surface area contributed by atoms with Crippen LogP contribution in [0.3, 0.4) is 0 Å². The molecule has 1 atom stereocenters. The Labute approximate surface area is 100 Å². The molecule has 2 aromatic rings. The first-order valence-electron chi connectivity index (χ1n) is 5.66. The van der Waals surface area contributed by atoms with Crippen molar-refractivity contribution in [2.45, 2.75) is 19.4 Å². The quantitative estimate of drug-likeness (QED) is 0.880. The molecule has 0 fully saturated rings. The van der Waals surface area contributed by atoms with Crippen LogP contribution in [0.2, 0.25) is 0 Å². The maximum absolute atomic E-state index is 13.6. The minimum absolute atomic E-state index is 0.359. The molecule has 1 unspecified atom stereocenters. The van der Waals surface area contributed by atoms with E-state index < -0.39 is 6.04 Å². The maximum atomic E-state index is 13.6. The molecule has 88 valence electrons. The third-order valence-electron chi connectivity index (χ3n) is 2.86. The van der Waals surface area contributed by atoms with Crippen molar-refractivity contribution in [2.24, 2.45) is 5.73 Å². The fraction of sp³-hybridized carbons (Fsp3) is 0.214. The second-order valence-corrected chi connectivity index (χ2v) is 3.97. The number of pyridine rings is 1. The van der Waals surface area contributed by atoms with Gasteiger partial charge in [0.15, 0.2) is 0 Å². The third kappa shape index (κ3) is 2.50. The highest BCUT2D eigenvalue weighted by molar-refractivity contribution is 5.33. The lowest BCUT2D eigenvalue weighted by Crippen LogP contribution is -2.14. The standard InChI is InChI=1S/C14H15FN2/c1-2-10-4-3-5-11(8-10)14(16)12-6-7-17-9-13(12)15/h3-9,14H,2,16H2,1H3. The van der Waals surface area contributed by atoms with E-state index in [1.54, 1.807) is 12.3 Å². The number of hydrogen-bond acceptors (Lipinski definition) is 2. The highest BCUT2D eigenvalue weighted by atomic mass is 19.1. The number of aryl methyl sites for hydroxylation is 1. The summed E-state index contributed by atoms with van der Waals surface area (Å²) in [6.07, 6.45) is 3.69. The van der Waals surface area contributed by atoms with Crippen LogP contribution in [0.1, 0.15) is 29.7 Å². The predicted octanol–water partition coefficient (Wildman–Crippen LogP) is 2.83. The third-order valence-corrected chi connectivity index (χ3v) is 2.86. The van der Waals surface area contributed by atoms with Gasteiger partial charge in [0.25, 0.3) is 0 Å². The van der Waals surface area contributed by atoms with Gasteiger partial charge < -0.3 is 5.73 Å². The van der Waals surface area contributed by atoms with Gasteiger partial charge in [0.05, 0.1) is 12.2 Å². The van der Waals surface area contributed by atoms with Gasteiger partial charge in [-0.1, -0.05) is 31.2 Å². The van der Waals surface area contributed by atoms with E-state index in [-0.39, 0.29) is 5.82 Å². The zero-order valence-electron chi connectivity index (χ0n) is 9.73. The van der Waals surface area contributed by atoms with Crippen LogP contribution in [0.15, 0.2) is 42.7 Å². The fourth-order valence-electron chi connectivity index (χ4n) is 1.82. The van der Waals surface area contributed by atoms with E-state index in [0.29, 0.717) is 5.56 Å². The minimum atomic E-state index is -0.440. The molecule has 2 N–H and O–H groups in total. The molecule has 0 saturated heterocycles. The lowest BCUT2D eigenvalue weighted by molar-refractivity contribution is 0.593. The molecule has 2 rings (SSSR count). The molecule has 0 aliphatic heterocycles. The van der Waals surface area contributed by atoms with E-state index in [0.717, 1.165) is 12.0 Å². The Morgan fingerprint density at radius 3 is 2.88 bits per heavy atom. The Balaban J connectivity index is 2.37. The average molecular weight is 230 g/mol. The molecule has 1 aromatic carbocycles. The average Bonchev–Trinajstić information content (AvgIpc) is 2.38. The Kier molecular flexibility index (Phi) is 3.49. The number of hydrogen-bond donors (Lipinski definition) is 1. The molecule has 0 bridgehead atoms. The van der Waals surface area contributed by atoms with Crippen LogP contribution >= 0.6 is 0 Å². The van der Waals surface area contributed by atoms with E-state index in [2.05, 4.69) is 11.9 Å². The normalized spacial score (nSPS) is 12.4. The van der Waals surface area contributed by atoms with Crippen molar-refractivity contribution in [2.75, 3.05) is 0 Å². The molecule has 17 heavy (non-hydrogen) atoms. The van der Waals surface area contributed by atoms with Crippen LogP contribution < -0.4 is 5.73 Å². The molecule has 3 heteroatoms. The van der Waals surface area contributed by atoms with E-state index in [4.69, 9.17) is 5.73 Å². The Bertz CT molecular complexity index is 511. The number of aromatic nitrogens is 1. The lowest BCUT2D eigenvalue weighted by Gasteiger charge is -2.14. The van der Waals surface area contributed by atoms with Gasteiger partial charge in [0.2, 0.25) is 0 Å². The lowest BCUT2D eigenvalue weighted by atomic mass is 9.98. The van der Waals surface area contributed by atoms with Crippen molar-refractivity contribution in [3.63, 3.8) is 0 Å². The smallest absolute Gasteiger partial charge is 0.146 e. The van der Waals surface area contributed by atoms with E-state index in [9.17, 15) is 4.39 Å². The number of benzene rings is 1. The summed E-state index contributed by atoms with van der Waals surface area (Å²) in [6.45, 7) is 2.08. The fourth-order valence-corrected chi connectivity index (χ4v) is 1.82. The van der Waals surface area contributed by atoms with Crippen LogP contribution in [0.5, 0.6) is 0 Å². The van der Waals surface area contributed by atoms with Crippen molar-refractivity contribution >= 4 is 0 Å². The van der Waals surface area contributed by atoms with Gasteiger partial charge in [-0.2, -0.15) is 0 Å². The summed E-state index contributed by atoms with van der Waals surface area (Å²) in [6, 6.07) is 9.11. The molecule has 0 amide bonds. The van der Waals surface area contributed by atoms with Gasteiger partial charge in [-0.3, -0.25) is 4.98 Å². The van der Waals surface area contributed by atoms with Crippen molar-refractivity contribution < 1.29 is 4.39 Å². The van der Waals surface area contributed by atoms with Crippen LogP contribution in [0.25, 0.3) is 0 Å². The van der Waals surface area contributed by atoms with Crippen molar-refractivity contribution in [3.05, 3.63) is 65.2 Å². The molecule has 0 aliphatic rings. The zero-order chi connectivity index (χ0) is 12.3. The number of halogens is 1. The second kappa shape index (κ2) is 5.06. The topological polar surface area (TPSA) is 38.9 Å². The number of nitrogens with two attached hydrogens (primary N) is 1. The summed E-state index contributed by atoms with van der Waals surface area (Å²) in [4.78, 5) is 3.72. The zero-order valence-corrected chi connectivity index (χ0v) is 9.73. The highest BCUT2D eigenvalue weighted by Gasteiger charge is 2.13. The summed E-state index contributed by atoms with van der Waals surface area (Å²) in [7, 11) is 0. The van der Waals surface area contributed by atoms with Crippen molar-refractivity contribution in [1.29, 1.82) is 0 Å². The molecule has 0 aliphatic carbocycles. The Hall–Kier alpha value is -1.74. The largest absolute Gasteiger partial charge is 0.320 e. The summed E-state index contributed by atoms with van der Waals surface area (Å²) in [5.41, 5.74) is 8.68. The number of nitrogens with zero attached hydrogens (tertiary/aromatic N) is 1. The van der Waals surface area contributed by atoms with Crippen LogP contribution in [-0.4, -0.2) is 4.98 Å².